The molecule has 18 heavy (non-hydrogen) atoms. The van der Waals surface area contributed by atoms with E-state index in [9.17, 15) is 9.50 Å². The number of benzene rings is 1. The number of nitrogens with zero attached hydrogens (tertiary/aromatic N) is 1. The summed E-state index contributed by atoms with van der Waals surface area (Å²) in [4.78, 5) is 2.33. The van der Waals surface area contributed by atoms with E-state index in [-0.39, 0.29) is 17.5 Å². The predicted molar refractivity (Wildman–Crippen MR) is 69.1 cm³/mol. The number of aliphatic hydroxyl groups excluding tert-OH is 1. The molecule has 1 aliphatic heterocycles. The molecule has 1 aliphatic carbocycles. The van der Waals surface area contributed by atoms with Crippen LogP contribution in [0.15, 0.2) is 18.2 Å². The van der Waals surface area contributed by atoms with Crippen LogP contribution >= 0.6 is 11.6 Å². The molecule has 1 N–H and O–H groups in total. The highest BCUT2D eigenvalue weighted by Crippen LogP contribution is 2.52. The van der Waals surface area contributed by atoms with Crippen LogP contribution in [0.25, 0.3) is 0 Å². The van der Waals surface area contributed by atoms with Crippen molar-refractivity contribution in [1.29, 1.82) is 0 Å². The molecule has 0 atom stereocenters. The van der Waals surface area contributed by atoms with Gasteiger partial charge < -0.3 is 5.11 Å². The van der Waals surface area contributed by atoms with Gasteiger partial charge in [-0.1, -0.05) is 17.7 Å². The molecule has 0 radical (unpaired) electrons. The molecule has 1 aromatic carbocycles. The number of halogens is 2. The van der Waals surface area contributed by atoms with Gasteiger partial charge in [-0.25, -0.2) is 4.39 Å². The summed E-state index contributed by atoms with van der Waals surface area (Å²) >= 11 is 5.81. The molecular weight excluding hydrogens is 253 g/mol. The van der Waals surface area contributed by atoms with Gasteiger partial charge in [-0.05, 0) is 37.8 Å². The molecule has 0 spiro atoms. The van der Waals surface area contributed by atoms with E-state index < -0.39 is 0 Å². The summed E-state index contributed by atoms with van der Waals surface area (Å²) in [6.07, 6.45) is 3.39. The van der Waals surface area contributed by atoms with Crippen LogP contribution in [-0.2, 0) is 5.54 Å². The Bertz CT molecular complexity index is 453. The quantitative estimate of drug-likeness (QED) is 0.892. The van der Waals surface area contributed by atoms with Gasteiger partial charge in [0.05, 0.1) is 6.10 Å². The zero-order valence-corrected chi connectivity index (χ0v) is 11.0. The largest absolute Gasteiger partial charge is 0.393 e. The average molecular weight is 270 g/mol. The maximum Gasteiger partial charge on any atom is 0.129 e. The monoisotopic (exact) mass is 269 g/mol. The third-order valence-corrected chi connectivity index (χ3v) is 4.46. The second kappa shape index (κ2) is 4.48. The van der Waals surface area contributed by atoms with Crippen LogP contribution < -0.4 is 0 Å². The summed E-state index contributed by atoms with van der Waals surface area (Å²) in [5.74, 6) is -0.203. The van der Waals surface area contributed by atoms with Crippen molar-refractivity contribution in [2.45, 2.75) is 37.3 Å². The minimum Gasteiger partial charge on any atom is -0.393 e. The molecule has 1 aromatic rings. The van der Waals surface area contributed by atoms with Crippen LogP contribution in [0.1, 0.15) is 31.2 Å². The lowest BCUT2D eigenvalue weighted by molar-refractivity contribution is 0.0512. The van der Waals surface area contributed by atoms with Crippen LogP contribution in [0.5, 0.6) is 0 Å². The lowest BCUT2D eigenvalue weighted by Crippen LogP contribution is -2.43. The van der Waals surface area contributed by atoms with E-state index >= 15 is 0 Å². The van der Waals surface area contributed by atoms with E-state index in [1.165, 1.54) is 6.07 Å². The van der Waals surface area contributed by atoms with Gasteiger partial charge in [-0.3, -0.25) is 4.90 Å². The third-order valence-electron chi connectivity index (χ3n) is 4.23. The van der Waals surface area contributed by atoms with Gasteiger partial charge in [-0.2, -0.15) is 0 Å². The van der Waals surface area contributed by atoms with Crippen molar-refractivity contribution >= 4 is 11.6 Å². The van der Waals surface area contributed by atoms with Crippen LogP contribution in [-0.4, -0.2) is 29.2 Å². The van der Waals surface area contributed by atoms with E-state index in [1.807, 2.05) is 6.07 Å². The highest BCUT2D eigenvalue weighted by molar-refractivity contribution is 6.30. The predicted octanol–water partition coefficient (Wildman–Crippen LogP) is 2.92. The Kier molecular flexibility index (Phi) is 3.08. The van der Waals surface area contributed by atoms with E-state index in [0.29, 0.717) is 5.02 Å². The van der Waals surface area contributed by atoms with E-state index in [4.69, 9.17) is 11.6 Å². The van der Waals surface area contributed by atoms with Gasteiger partial charge >= 0.3 is 0 Å². The second-order valence-corrected chi connectivity index (χ2v) is 5.81. The number of hydrogen-bond donors (Lipinski definition) is 1. The Morgan fingerprint density at radius 2 is 1.94 bits per heavy atom. The summed E-state index contributed by atoms with van der Waals surface area (Å²) < 4.78 is 14.1. The number of rotatable bonds is 2. The molecule has 1 heterocycles. The Morgan fingerprint density at radius 3 is 2.50 bits per heavy atom. The molecule has 3 rings (SSSR count). The zero-order chi connectivity index (χ0) is 12.8. The molecule has 0 aromatic heterocycles. The highest BCUT2D eigenvalue weighted by Gasteiger charge is 2.51. The van der Waals surface area contributed by atoms with Crippen LogP contribution in [0, 0.1) is 5.82 Å². The smallest absolute Gasteiger partial charge is 0.129 e. The maximum atomic E-state index is 14.1. The van der Waals surface area contributed by atoms with E-state index in [2.05, 4.69) is 4.90 Å². The SMILES string of the molecule is OC1CCN(C2(c3ccc(Cl)cc3F)CC2)CC1. The summed E-state index contributed by atoms with van der Waals surface area (Å²) in [6, 6.07) is 4.98. The second-order valence-electron chi connectivity index (χ2n) is 5.37. The van der Waals surface area contributed by atoms with Crippen molar-refractivity contribution in [3.05, 3.63) is 34.6 Å². The first kappa shape index (κ1) is 12.4. The fourth-order valence-electron chi connectivity index (χ4n) is 3.04. The first-order valence-corrected chi connectivity index (χ1v) is 6.88. The normalized spacial score (nSPS) is 24.2. The van der Waals surface area contributed by atoms with Crippen molar-refractivity contribution in [3.63, 3.8) is 0 Å². The highest BCUT2D eigenvalue weighted by atomic mass is 35.5. The van der Waals surface area contributed by atoms with Gasteiger partial charge in [0.15, 0.2) is 0 Å². The fourth-order valence-corrected chi connectivity index (χ4v) is 3.19. The van der Waals surface area contributed by atoms with Crippen molar-refractivity contribution < 1.29 is 9.50 Å². The summed E-state index contributed by atoms with van der Waals surface area (Å²) in [5.41, 5.74) is 0.637. The summed E-state index contributed by atoms with van der Waals surface area (Å²) in [5, 5.41) is 10.0. The topological polar surface area (TPSA) is 23.5 Å². The number of aliphatic hydroxyl groups is 1. The summed E-state index contributed by atoms with van der Waals surface area (Å²) in [7, 11) is 0. The van der Waals surface area contributed by atoms with Crippen molar-refractivity contribution in [2.75, 3.05) is 13.1 Å². The Hall–Kier alpha value is -0.640. The minimum absolute atomic E-state index is 0.130. The molecule has 2 nitrogen and oxygen atoms in total. The maximum absolute atomic E-state index is 14.1. The number of piperidine rings is 1. The van der Waals surface area contributed by atoms with E-state index in [1.54, 1.807) is 6.07 Å². The third kappa shape index (κ3) is 2.04. The van der Waals surface area contributed by atoms with Crippen LogP contribution in [0.2, 0.25) is 5.02 Å². The van der Waals surface area contributed by atoms with Crippen LogP contribution in [0.4, 0.5) is 4.39 Å². The van der Waals surface area contributed by atoms with Gasteiger partial charge in [0.25, 0.3) is 0 Å². The molecule has 0 unspecified atom stereocenters. The van der Waals surface area contributed by atoms with Gasteiger partial charge in [0.1, 0.15) is 5.82 Å². The molecule has 2 aliphatic rings. The van der Waals surface area contributed by atoms with Crippen LogP contribution in [0.3, 0.4) is 0 Å². The van der Waals surface area contributed by atoms with Crippen molar-refractivity contribution in [2.24, 2.45) is 0 Å². The summed E-state index contributed by atoms with van der Waals surface area (Å²) in [6.45, 7) is 1.70. The number of likely N-dealkylation sites (tertiary alicyclic amines) is 1. The van der Waals surface area contributed by atoms with Gasteiger partial charge in [0.2, 0.25) is 0 Å². The Balaban J connectivity index is 1.86. The Labute approximate surface area is 111 Å². The standard InChI is InChI=1S/C14H17ClFNO/c15-10-1-2-12(13(16)9-10)14(5-6-14)17-7-3-11(18)4-8-17/h1-2,9,11,18H,3-8H2. The molecule has 0 bridgehead atoms. The Morgan fingerprint density at radius 1 is 1.28 bits per heavy atom. The molecule has 98 valence electrons. The molecule has 4 heteroatoms. The molecule has 1 saturated heterocycles. The lowest BCUT2D eigenvalue weighted by atomic mass is 9.98. The molecule has 0 amide bonds. The fraction of sp³-hybridized carbons (Fsp3) is 0.571. The molecule has 2 fully saturated rings. The van der Waals surface area contributed by atoms with E-state index in [0.717, 1.165) is 44.3 Å². The zero-order valence-electron chi connectivity index (χ0n) is 10.2. The van der Waals surface area contributed by atoms with Crippen molar-refractivity contribution in [3.8, 4) is 0 Å². The van der Waals surface area contributed by atoms with Crippen molar-refractivity contribution in [1.82, 2.24) is 4.90 Å². The number of hydrogen-bond acceptors (Lipinski definition) is 2. The van der Waals surface area contributed by atoms with Gasteiger partial charge in [0, 0.05) is 29.2 Å². The lowest BCUT2D eigenvalue weighted by Gasteiger charge is -2.37. The molecule has 1 saturated carbocycles. The first-order valence-electron chi connectivity index (χ1n) is 6.50. The van der Waals surface area contributed by atoms with Gasteiger partial charge in [-0.15, -0.1) is 0 Å². The minimum atomic E-state index is -0.203. The first-order chi connectivity index (χ1) is 8.62. The molecular formula is C14H17ClFNO. The average Bonchev–Trinajstić information content (AvgIpc) is 3.11.